The zero-order valence-corrected chi connectivity index (χ0v) is 26.1. The van der Waals surface area contributed by atoms with Gasteiger partial charge in [-0.15, -0.1) is 11.3 Å². The van der Waals surface area contributed by atoms with E-state index in [1.165, 1.54) is 4.90 Å². The van der Waals surface area contributed by atoms with E-state index in [4.69, 9.17) is 4.74 Å². The minimum Gasteiger partial charge on any atom is -0.466 e. The van der Waals surface area contributed by atoms with Crippen LogP contribution in [-0.4, -0.2) is 70.0 Å². The average molecular weight is 601 g/mol. The number of ether oxygens (including phenoxy) is 1. The summed E-state index contributed by atoms with van der Waals surface area (Å²) in [5, 5.41) is 16.2. The van der Waals surface area contributed by atoms with E-state index in [1.807, 2.05) is 57.5 Å². The normalized spacial score (nSPS) is 17.5. The minimum absolute atomic E-state index is 0.0239. The number of esters is 1. The van der Waals surface area contributed by atoms with Gasteiger partial charge in [0.05, 0.1) is 28.8 Å². The Balaban J connectivity index is 1.56. The monoisotopic (exact) mass is 600 g/mol. The molecular formula is C31H44N4O6S. The van der Waals surface area contributed by atoms with E-state index in [9.17, 15) is 24.3 Å². The quantitative estimate of drug-likeness (QED) is 0.235. The molecule has 3 N–H and O–H groups in total. The number of hydrogen-bond acceptors (Lipinski definition) is 8. The maximum Gasteiger partial charge on any atom is 0.305 e. The highest BCUT2D eigenvalue weighted by atomic mass is 32.1. The molecule has 1 aromatic heterocycles. The summed E-state index contributed by atoms with van der Waals surface area (Å²) in [6.45, 7) is 9.95. The fourth-order valence-electron chi connectivity index (χ4n) is 4.98. The maximum absolute atomic E-state index is 13.7. The van der Waals surface area contributed by atoms with Crippen LogP contribution >= 0.6 is 11.3 Å². The summed E-state index contributed by atoms with van der Waals surface area (Å²) in [5.74, 6) is -1.24. The fourth-order valence-corrected chi connectivity index (χ4v) is 5.79. The Kier molecular flexibility index (Phi) is 12.0. The van der Waals surface area contributed by atoms with Crippen LogP contribution in [0.1, 0.15) is 77.5 Å². The van der Waals surface area contributed by atoms with Crippen LogP contribution in [0.25, 0.3) is 10.4 Å². The summed E-state index contributed by atoms with van der Waals surface area (Å²) >= 11 is 1.58. The number of aromatic nitrogens is 1. The molecule has 2 aromatic rings. The van der Waals surface area contributed by atoms with Crippen molar-refractivity contribution >= 4 is 35.0 Å². The van der Waals surface area contributed by atoms with Gasteiger partial charge in [0.2, 0.25) is 17.7 Å². The van der Waals surface area contributed by atoms with Crippen molar-refractivity contribution < 1.29 is 29.0 Å². The molecule has 3 unspecified atom stereocenters. The summed E-state index contributed by atoms with van der Waals surface area (Å²) in [4.78, 5) is 58.0. The van der Waals surface area contributed by atoms with Crippen molar-refractivity contribution in [1.29, 1.82) is 0 Å². The standard InChI is InChI=1S/C31H44N4O6S/c1-6-41-26(38)11-9-7-8-10-25(37)34-28(31(3,4)5)30(40)35-18-23(36)16-24(35)29(39)32-17-21-12-14-22(15-13-21)27-20(2)33-19-42-27/h12-15,19,23-24,28,36H,6-11,16-18H2,1-5H3,(H,32,39)(H,34,37). The number of aryl methyl sites for hydroxylation is 1. The number of rotatable bonds is 13. The maximum atomic E-state index is 13.7. The molecule has 1 saturated heterocycles. The van der Waals surface area contributed by atoms with Crippen molar-refractivity contribution in [3.05, 3.63) is 41.0 Å². The molecule has 1 aliphatic rings. The zero-order valence-electron chi connectivity index (χ0n) is 25.3. The number of carbonyl (C=O) groups excluding carboxylic acids is 4. The number of thiazole rings is 1. The van der Waals surface area contributed by atoms with Crippen LogP contribution in [-0.2, 0) is 30.5 Å². The van der Waals surface area contributed by atoms with Crippen molar-refractivity contribution in [1.82, 2.24) is 20.5 Å². The lowest BCUT2D eigenvalue weighted by molar-refractivity contribution is -0.144. The molecule has 42 heavy (non-hydrogen) atoms. The van der Waals surface area contributed by atoms with Crippen LogP contribution in [0.2, 0.25) is 0 Å². The van der Waals surface area contributed by atoms with E-state index < -0.39 is 23.6 Å². The van der Waals surface area contributed by atoms with Crippen LogP contribution in [0.3, 0.4) is 0 Å². The van der Waals surface area contributed by atoms with Gasteiger partial charge in [-0.1, -0.05) is 51.5 Å². The molecule has 0 radical (unpaired) electrons. The lowest BCUT2D eigenvalue weighted by Gasteiger charge is -2.35. The smallest absolute Gasteiger partial charge is 0.305 e. The van der Waals surface area contributed by atoms with Gasteiger partial charge in [-0.3, -0.25) is 19.2 Å². The topological polar surface area (TPSA) is 138 Å². The third-order valence-corrected chi connectivity index (χ3v) is 8.28. The third kappa shape index (κ3) is 9.35. The van der Waals surface area contributed by atoms with E-state index >= 15 is 0 Å². The number of hydrogen-bond donors (Lipinski definition) is 3. The predicted octanol–water partition coefficient (Wildman–Crippen LogP) is 3.74. The van der Waals surface area contributed by atoms with Gasteiger partial charge in [-0.2, -0.15) is 0 Å². The molecule has 0 aliphatic carbocycles. The molecule has 3 atom stereocenters. The largest absolute Gasteiger partial charge is 0.466 e. The van der Waals surface area contributed by atoms with Crippen LogP contribution in [0, 0.1) is 12.3 Å². The lowest BCUT2D eigenvalue weighted by Crippen LogP contribution is -2.57. The molecule has 1 aliphatic heterocycles. The van der Waals surface area contributed by atoms with Gasteiger partial charge in [-0.25, -0.2) is 4.98 Å². The summed E-state index contributed by atoms with van der Waals surface area (Å²) in [7, 11) is 0. The molecule has 230 valence electrons. The highest BCUT2D eigenvalue weighted by molar-refractivity contribution is 7.13. The molecule has 0 bridgehead atoms. The van der Waals surface area contributed by atoms with Gasteiger partial charge in [0, 0.05) is 32.4 Å². The number of carbonyl (C=O) groups is 4. The van der Waals surface area contributed by atoms with E-state index in [0.717, 1.165) is 21.7 Å². The second-order valence-electron chi connectivity index (χ2n) is 11.8. The third-order valence-electron chi connectivity index (χ3n) is 7.30. The number of aliphatic hydroxyl groups is 1. The molecule has 1 aromatic carbocycles. The Morgan fingerprint density at radius 2 is 1.81 bits per heavy atom. The summed E-state index contributed by atoms with van der Waals surface area (Å²) in [6, 6.07) is 6.18. The number of benzene rings is 1. The first-order chi connectivity index (χ1) is 19.9. The number of unbranched alkanes of at least 4 members (excludes halogenated alkanes) is 2. The van der Waals surface area contributed by atoms with Crippen molar-refractivity contribution in [2.24, 2.45) is 5.41 Å². The van der Waals surface area contributed by atoms with Gasteiger partial charge in [0.25, 0.3) is 0 Å². The Morgan fingerprint density at radius 3 is 2.43 bits per heavy atom. The molecule has 2 heterocycles. The second kappa shape index (κ2) is 15.2. The Morgan fingerprint density at radius 1 is 1.12 bits per heavy atom. The van der Waals surface area contributed by atoms with Crippen molar-refractivity contribution in [2.45, 2.75) is 97.9 Å². The first-order valence-corrected chi connectivity index (χ1v) is 15.5. The number of nitrogens with one attached hydrogen (secondary N) is 2. The number of β-amino-alcohol motifs (C(OH)–C–C–N with tert-alkyl or cyclic N) is 1. The van der Waals surface area contributed by atoms with E-state index in [2.05, 4.69) is 15.6 Å². The number of aliphatic hydroxyl groups excluding tert-OH is 1. The first-order valence-electron chi connectivity index (χ1n) is 14.6. The van der Waals surface area contributed by atoms with E-state index in [-0.39, 0.29) is 49.6 Å². The van der Waals surface area contributed by atoms with Crippen LogP contribution < -0.4 is 10.6 Å². The van der Waals surface area contributed by atoms with Gasteiger partial charge in [0.1, 0.15) is 12.1 Å². The first kappa shape index (κ1) is 33.2. The van der Waals surface area contributed by atoms with Gasteiger partial charge < -0.3 is 25.4 Å². The molecular weight excluding hydrogens is 556 g/mol. The lowest BCUT2D eigenvalue weighted by atomic mass is 9.85. The van der Waals surface area contributed by atoms with Crippen molar-refractivity contribution in [3.63, 3.8) is 0 Å². The molecule has 3 amide bonds. The van der Waals surface area contributed by atoms with Gasteiger partial charge >= 0.3 is 5.97 Å². The molecule has 3 rings (SSSR count). The van der Waals surface area contributed by atoms with Crippen LogP contribution in [0.4, 0.5) is 0 Å². The Hall–Kier alpha value is -3.31. The molecule has 11 heteroatoms. The van der Waals surface area contributed by atoms with Crippen molar-refractivity contribution in [2.75, 3.05) is 13.2 Å². The molecule has 0 spiro atoms. The number of likely N-dealkylation sites (tertiary alicyclic amines) is 1. The van der Waals surface area contributed by atoms with Crippen LogP contribution in [0.5, 0.6) is 0 Å². The molecule has 1 fully saturated rings. The molecule has 0 saturated carbocycles. The predicted molar refractivity (Wildman–Crippen MR) is 161 cm³/mol. The highest BCUT2D eigenvalue weighted by Crippen LogP contribution is 2.28. The van der Waals surface area contributed by atoms with Crippen LogP contribution in [0.15, 0.2) is 29.8 Å². The van der Waals surface area contributed by atoms with Gasteiger partial charge in [0.15, 0.2) is 0 Å². The fraction of sp³-hybridized carbons (Fsp3) is 0.581. The Bertz CT molecular complexity index is 1220. The molecule has 10 nitrogen and oxygen atoms in total. The SMILES string of the molecule is CCOC(=O)CCCCCC(=O)NC(C(=O)N1CC(O)CC1C(=O)NCc1ccc(-c2scnc2C)cc1)C(C)(C)C. The average Bonchev–Trinajstić information content (AvgIpc) is 3.55. The zero-order chi connectivity index (χ0) is 30.9. The summed E-state index contributed by atoms with van der Waals surface area (Å²) in [5.41, 5.74) is 4.14. The minimum atomic E-state index is -0.868. The second-order valence-corrected chi connectivity index (χ2v) is 12.7. The van der Waals surface area contributed by atoms with E-state index in [0.29, 0.717) is 32.3 Å². The van der Waals surface area contributed by atoms with Crippen molar-refractivity contribution in [3.8, 4) is 10.4 Å². The highest BCUT2D eigenvalue weighted by Gasteiger charge is 2.44. The number of amides is 3. The summed E-state index contributed by atoms with van der Waals surface area (Å²) < 4.78 is 4.92. The summed E-state index contributed by atoms with van der Waals surface area (Å²) in [6.07, 6.45) is 1.73. The van der Waals surface area contributed by atoms with Gasteiger partial charge in [-0.05, 0) is 43.2 Å². The van der Waals surface area contributed by atoms with E-state index in [1.54, 1.807) is 18.3 Å². The number of nitrogens with zero attached hydrogens (tertiary/aromatic N) is 2. The Labute approximate surface area is 252 Å².